The molecule has 1 aromatic carbocycles. The lowest BCUT2D eigenvalue weighted by molar-refractivity contribution is -0.139. The molecule has 0 saturated heterocycles. The topological polar surface area (TPSA) is 57.5 Å². The summed E-state index contributed by atoms with van der Waals surface area (Å²) in [5.74, 6) is -0.469. The Morgan fingerprint density at radius 3 is 1.71 bits per heavy atom. The van der Waals surface area contributed by atoms with Crippen LogP contribution in [0.25, 0.3) is 0 Å². The van der Waals surface area contributed by atoms with Gasteiger partial charge in [-0.25, -0.2) is 0 Å². The molecule has 1 rings (SSSR count). The van der Waals surface area contributed by atoms with Gasteiger partial charge in [0.1, 0.15) is 10.5 Å². The van der Waals surface area contributed by atoms with Gasteiger partial charge in [0, 0.05) is 16.0 Å². The van der Waals surface area contributed by atoms with Gasteiger partial charge in [-0.05, 0) is 36.3 Å². The van der Waals surface area contributed by atoms with Gasteiger partial charge in [-0.3, -0.25) is 4.79 Å². The number of rotatable bonds is 5. The van der Waals surface area contributed by atoms with Crippen molar-refractivity contribution in [2.45, 2.75) is 88.7 Å². The van der Waals surface area contributed by atoms with E-state index >= 15 is 0 Å². The van der Waals surface area contributed by atoms with Crippen LogP contribution in [0.5, 0.6) is 5.75 Å². The number of aromatic hydroxyl groups is 1. The van der Waals surface area contributed by atoms with Crippen LogP contribution in [0, 0.1) is 0 Å². The molecule has 1 aromatic rings. The number of carbonyl (C=O) groups is 1. The molecule has 0 unspecified atom stereocenters. The summed E-state index contributed by atoms with van der Waals surface area (Å²) in [4.78, 5) is 12.7. The Labute approximate surface area is 150 Å². The van der Waals surface area contributed by atoms with Crippen LogP contribution in [-0.4, -0.2) is 20.9 Å². The molecule has 0 aromatic heterocycles. The third-order valence-corrected chi connectivity index (χ3v) is 5.52. The molecule has 2 N–H and O–H groups in total. The fourth-order valence-corrected chi connectivity index (χ4v) is 4.02. The lowest BCUT2D eigenvalue weighted by atomic mass is 9.79. The molecule has 24 heavy (non-hydrogen) atoms. The lowest BCUT2D eigenvalue weighted by Gasteiger charge is -2.30. The van der Waals surface area contributed by atoms with Crippen molar-refractivity contribution >= 4 is 17.7 Å². The maximum absolute atomic E-state index is 11.8. The van der Waals surface area contributed by atoms with E-state index in [-0.39, 0.29) is 10.8 Å². The number of carboxylic acids is 1. The summed E-state index contributed by atoms with van der Waals surface area (Å²) in [5, 5.41) is 20.4. The smallest absolute Gasteiger partial charge is 0.319 e. The average Bonchev–Trinajstić information content (AvgIpc) is 2.38. The van der Waals surface area contributed by atoms with Crippen molar-refractivity contribution in [3.8, 4) is 5.75 Å². The third-order valence-electron chi connectivity index (χ3n) is 4.22. The first-order valence-electron chi connectivity index (χ1n) is 8.52. The van der Waals surface area contributed by atoms with E-state index in [2.05, 4.69) is 41.5 Å². The summed E-state index contributed by atoms with van der Waals surface area (Å²) < 4.78 is -0.865. The number of thioether (sulfide) groups is 1. The number of phenols is 1. The van der Waals surface area contributed by atoms with E-state index < -0.39 is 10.7 Å². The SMILES string of the molecule is CCC[C@@](C)(Sc1cc(C(C)(C)C)c(O)c(C(C)(C)C)c1)C(=O)O. The van der Waals surface area contributed by atoms with Crippen molar-refractivity contribution in [2.24, 2.45) is 0 Å². The average molecular weight is 353 g/mol. The third kappa shape index (κ3) is 4.69. The highest BCUT2D eigenvalue weighted by atomic mass is 32.2. The van der Waals surface area contributed by atoms with Crippen LogP contribution in [0.3, 0.4) is 0 Å². The van der Waals surface area contributed by atoms with Gasteiger partial charge in [0.25, 0.3) is 0 Å². The molecule has 0 aliphatic heterocycles. The van der Waals surface area contributed by atoms with Crippen LogP contribution in [0.15, 0.2) is 17.0 Å². The van der Waals surface area contributed by atoms with Gasteiger partial charge in [-0.2, -0.15) is 0 Å². The first kappa shape index (κ1) is 20.9. The highest BCUT2D eigenvalue weighted by Crippen LogP contribution is 2.45. The Kier molecular flexibility index (Phi) is 6.08. The van der Waals surface area contributed by atoms with Gasteiger partial charge in [0.05, 0.1) is 0 Å². The monoisotopic (exact) mass is 352 g/mol. The van der Waals surface area contributed by atoms with Crippen LogP contribution in [0.4, 0.5) is 0 Å². The summed E-state index contributed by atoms with van der Waals surface area (Å²) in [6.45, 7) is 16.1. The van der Waals surface area contributed by atoms with E-state index in [0.717, 1.165) is 22.4 Å². The molecule has 3 nitrogen and oxygen atoms in total. The molecule has 0 spiro atoms. The summed E-state index contributed by atoms with van der Waals surface area (Å²) in [6.07, 6.45) is 1.41. The molecule has 136 valence electrons. The Morgan fingerprint density at radius 2 is 1.42 bits per heavy atom. The summed E-state index contributed by atoms with van der Waals surface area (Å²) in [5.41, 5.74) is 1.29. The zero-order valence-corrected chi connectivity index (χ0v) is 17.1. The minimum absolute atomic E-state index is 0.217. The van der Waals surface area contributed by atoms with Crippen molar-refractivity contribution < 1.29 is 15.0 Å². The van der Waals surface area contributed by atoms with E-state index in [0.29, 0.717) is 12.2 Å². The predicted octanol–water partition coefficient (Wildman–Crippen LogP) is 5.72. The normalized spacial score (nSPS) is 15.2. The van der Waals surface area contributed by atoms with Crippen molar-refractivity contribution in [1.82, 2.24) is 0 Å². The number of aliphatic carboxylic acids is 1. The Hall–Kier alpha value is -1.16. The van der Waals surface area contributed by atoms with E-state index in [1.165, 1.54) is 11.8 Å². The van der Waals surface area contributed by atoms with Crippen LogP contribution in [0.2, 0.25) is 0 Å². The van der Waals surface area contributed by atoms with Crippen molar-refractivity contribution in [3.63, 3.8) is 0 Å². The van der Waals surface area contributed by atoms with Crippen molar-refractivity contribution in [2.75, 3.05) is 0 Å². The highest BCUT2D eigenvalue weighted by molar-refractivity contribution is 8.01. The van der Waals surface area contributed by atoms with Crippen LogP contribution in [-0.2, 0) is 15.6 Å². The first-order valence-corrected chi connectivity index (χ1v) is 9.34. The minimum atomic E-state index is -0.865. The molecule has 0 saturated carbocycles. The molecule has 0 radical (unpaired) electrons. The number of carboxylic acid groups (broad SMARTS) is 1. The van der Waals surface area contributed by atoms with E-state index in [1.54, 1.807) is 6.92 Å². The Bertz CT molecular complexity index is 573. The fraction of sp³-hybridized carbons (Fsp3) is 0.650. The lowest BCUT2D eigenvalue weighted by Crippen LogP contribution is -2.31. The van der Waals surface area contributed by atoms with Gasteiger partial charge in [-0.1, -0.05) is 54.9 Å². The maximum Gasteiger partial charge on any atom is 0.319 e. The van der Waals surface area contributed by atoms with E-state index in [4.69, 9.17) is 0 Å². The molecule has 0 heterocycles. The second kappa shape index (κ2) is 6.99. The highest BCUT2D eigenvalue weighted by Gasteiger charge is 2.35. The van der Waals surface area contributed by atoms with Crippen molar-refractivity contribution in [1.29, 1.82) is 0 Å². The number of benzene rings is 1. The van der Waals surface area contributed by atoms with E-state index in [1.807, 2.05) is 19.1 Å². The van der Waals surface area contributed by atoms with Crippen molar-refractivity contribution in [3.05, 3.63) is 23.3 Å². The molecule has 0 fully saturated rings. The predicted molar refractivity (Wildman–Crippen MR) is 102 cm³/mol. The largest absolute Gasteiger partial charge is 0.507 e. The Balaban J connectivity index is 3.52. The van der Waals surface area contributed by atoms with Crippen LogP contribution < -0.4 is 0 Å². The molecular weight excluding hydrogens is 320 g/mol. The second-order valence-electron chi connectivity index (χ2n) is 8.76. The quantitative estimate of drug-likeness (QED) is 0.665. The van der Waals surface area contributed by atoms with E-state index in [9.17, 15) is 15.0 Å². The zero-order chi connectivity index (χ0) is 18.9. The van der Waals surface area contributed by atoms with Gasteiger partial charge >= 0.3 is 5.97 Å². The molecule has 4 heteroatoms. The fourth-order valence-electron chi connectivity index (χ4n) is 2.75. The molecule has 1 atom stereocenters. The van der Waals surface area contributed by atoms with Crippen LogP contribution >= 0.6 is 11.8 Å². The summed E-state index contributed by atoms with van der Waals surface area (Å²) in [6, 6.07) is 3.90. The van der Waals surface area contributed by atoms with Gasteiger partial charge in [0.15, 0.2) is 0 Å². The molecular formula is C20H32O3S. The summed E-state index contributed by atoms with van der Waals surface area (Å²) >= 11 is 1.38. The maximum atomic E-state index is 11.8. The number of hydrogen-bond acceptors (Lipinski definition) is 3. The Morgan fingerprint density at radius 1 is 1.00 bits per heavy atom. The van der Waals surface area contributed by atoms with Gasteiger partial charge < -0.3 is 10.2 Å². The molecule has 0 aliphatic carbocycles. The standard InChI is InChI=1S/C20H32O3S/c1-9-10-20(8,17(22)23)24-13-11-14(18(2,3)4)16(21)15(12-13)19(5,6)7/h11-12,21H,9-10H2,1-8H3,(H,22,23)/t20-/m1/s1. The first-order chi connectivity index (χ1) is 10.7. The summed E-state index contributed by atoms with van der Waals surface area (Å²) in [7, 11) is 0. The molecule has 0 aliphatic rings. The number of phenolic OH excluding ortho intramolecular Hbond substituents is 1. The zero-order valence-electron chi connectivity index (χ0n) is 16.3. The molecule has 0 amide bonds. The second-order valence-corrected chi connectivity index (χ2v) is 10.3. The number of hydrogen-bond donors (Lipinski definition) is 2. The molecule has 0 bridgehead atoms. The van der Waals surface area contributed by atoms with Gasteiger partial charge in [-0.15, -0.1) is 11.8 Å². The van der Waals surface area contributed by atoms with Gasteiger partial charge in [0.2, 0.25) is 0 Å². The van der Waals surface area contributed by atoms with Crippen LogP contribution in [0.1, 0.15) is 79.4 Å². The minimum Gasteiger partial charge on any atom is -0.507 e.